The Hall–Kier alpha value is -2.14. The first-order valence-corrected chi connectivity index (χ1v) is 9.09. The number of ether oxygens (including phenoxy) is 1. The summed E-state index contributed by atoms with van der Waals surface area (Å²) in [6, 6.07) is 9.07. The molecule has 5 heteroatoms. The van der Waals surface area contributed by atoms with Crippen LogP contribution >= 0.6 is 0 Å². The van der Waals surface area contributed by atoms with Crippen LogP contribution in [0.3, 0.4) is 0 Å². The zero-order valence-corrected chi connectivity index (χ0v) is 16.6. The fourth-order valence-corrected chi connectivity index (χ4v) is 4.17. The van der Waals surface area contributed by atoms with Gasteiger partial charge in [-0.05, 0) is 58.7 Å². The van der Waals surface area contributed by atoms with E-state index >= 15 is 0 Å². The maximum absolute atomic E-state index is 5.40. The van der Waals surface area contributed by atoms with Gasteiger partial charge in [0, 0.05) is 29.7 Å². The third kappa shape index (κ3) is 3.98. The quantitative estimate of drug-likeness (QED) is 0.908. The molecule has 1 saturated heterocycles. The number of hydrogen-bond donors (Lipinski definition) is 1. The molecule has 1 aliphatic heterocycles. The molecular formula is C21H29N4O. The Balaban J connectivity index is 1.82. The highest BCUT2D eigenvalue weighted by Gasteiger charge is 2.39. The van der Waals surface area contributed by atoms with Crippen LogP contribution in [0.2, 0.25) is 0 Å². The summed E-state index contributed by atoms with van der Waals surface area (Å²) in [5, 5.41) is 3.73. The van der Waals surface area contributed by atoms with Crippen molar-refractivity contribution in [3.8, 4) is 17.0 Å². The average Bonchev–Trinajstić information content (AvgIpc) is 2.58. The lowest BCUT2D eigenvalue weighted by Gasteiger charge is -2.49. The highest BCUT2D eigenvalue weighted by molar-refractivity contribution is 5.66. The molecule has 1 radical (unpaired) electrons. The summed E-state index contributed by atoms with van der Waals surface area (Å²) in [6.07, 6.45) is 5.81. The van der Waals surface area contributed by atoms with Gasteiger partial charge in [0.1, 0.15) is 11.6 Å². The topological polar surface area (TPSA) is 50.3 Å². The van der Waals surface area contributed by atoms with Crippen molar-refractivity contribution in [1.82, 2.24) is 15.3 Å². The number of hydrogen-bond acceptors (Lipinski definition) is 5. The van der Waals surface area contributed by atoms with Gasteiger partial charge in [0.15, 0.2) is 0 Å². The van der Waals surface area contributed by atoms with Crippen molar-refractivity contribution in [2.45, 2.75) is 57.7 Å². The molecule has 0 saturated carbocycles. The van der Waals surface area contributed by atoms with Crippen molar-refractivity contribution < 1.29 is 4.74 Å². The zero-order valence-electron chi connectivity index (χ0n) is 16.6. The summed E-state index contributed by atoms with van der Waals surface area (Å²) in [5.41, 5.74) is 1.93. The van der Waals surface area contributed by atoms with Crippen LogP contribution in [0, 0.1) is 6.07 Å². The minimum absolute atomic E-state index is 0.0992. The fourth-order valence-electron chi connectivity index (χ4n) is 4.17. The van der Waals surface area contributed by atoms with Gasteiger partial charge in [-0.1, -0.05) is 6.07 Å². The molecule has 3 rings (SSSR count). The van der Waals surface area contributed by atoms with Crippen molar-refractivity contribution in [1.29, 1.82) is 0 Å². The van der Waals surface area contributed by atoms with E-state index in [2.05, 4.69) is 61.0 Å². The van der Waals surface area contributed by atoms with Crippen molar-refractivity contribution in [3.63, 3.8) is 0 Å². The van der Waals surface area contributed by atoms with Crippen LogP contribution in [0.25, 0.3) is 11.3 Å². The average molecular weight is 353 g/mol. The molecule has 1 aromatic carbocycles. The number of piperidine rings is 1. The third-order valence-electron chi connectivity index (χ3n) is 5.04. The highest BCUT2D eigenvalue weighted by Crippen LogP contribution is 2.33. The molecule has 0 bridgehead atoms. The third-order valence-corrected chi connectivity index (χ3v) is 5.04. The smallest absolute Gasteiger partial charge is 0.147 e. The van der Waals surface area contributed by atoms with Gasteiger partial charge in [-0.15, -0.1) is 0 Å². The van der Waals surface area contributed by atoms with E-state index in [1.807, 2.05) is 30.6 Å². The second kappa shape index (κ2) is 6.88. The Bertz CT molecular complexity index is 739. The van der Waals surface area contributed by atoms with E-state index in [4.69, 9.17) is 4.74 Å². The molecule has 0 unspecified atom stereocenters. The lowest BCUT2D eigenvalue weighted by molar-refractivity contribution is 0.160. The van der Waals surface area contributed by atoms with Crippen molar-refractivity contribution in [3.05, 3.63) is 36.7 Å². The Labute approximate surface area is 156 Å². The predicted octanol–water partition coefficient (Wildman–Crippen LogP) is 3.70. The second-order valence-corrected chi connectivity index (χ2v) is 8.45. The Morgan fingerprint density at radius 3 is 2.42 bits per heavy atom. The molecule has 0 amide bonds. The molecule has 1 N–H and O–H groups in total. The summed E-state index contributed by atoms with van der Waals surface area (Å²) in [4.78, 5) is 11.6. The van der Waals surface area contributed by atoms with E-state index in [0.717, 1.165) is 35.7 Å². The van der Waals surface area contributed by atoms with Crippen molar-refractivity contribution in [2.75, 3.05) is 19.1 Å². The molecule has 0 aliphatic carbocycles. The Morgan fingerprint density at radius 1 is 1.15 bits per heavy atom. The van der Waals surface area contributed by atoms with Crippen LogP contribution in [0.1, 0.15) is 40.5 Å². The molecule has 0 atom stereocenters. The largest absolute Gasteiger partial charge is 0.496 e. The molecule has 1 fully saturated rings. The highest BCUT2D eigenvalue weighted by atomic mass is 16.5. The van der Waals surface area contributed by atoms with Crippen LogP contribution < -0.4 is 15.0 Å². The molecule has 139 valence electrons. The summed E-state index contributed by atoms with van der Waals surface area (Å²) in [5.74, 6) is 1.65. The first-order chi connectivity index (χ1) is 12.2. The number of nitrogens with zero attached hydrogens (tertiary/aromatic N) is 3. The van der Waals surface area contributed by atoms with Crippen LogP contribution in [-0.2, 0) is 0 Å². The number of methoxy groups -OCH3 is 1. The van der Waals surface area contributed by atoms with E-state index < -0.39 is 0 Å². The van der Waals surface area contributed by atoms with Crippen LogP contribution in [0.5, 0.6) is 5.75 Å². The van der Waals surface area contributed by atoms with Gasteiger partial charge in [-0.25, -0.2) is 4.98 Å². The van der Waals surface area contributed by atoms with Gasteiger partial charge in [0.2, 0.25) is 0 Å². The second-order valence-electron chi connectivity index (χ2n) is 8.45. The lowest BCUT2D eigenvalue weighted by atomic mass is 9.79. The molecule has 1 aliphatic rings. The number of aromatic nitrogens is 2. The van der Waals surface area contributed by atoms with E-state index in [1.54, 1.807) is 7.11 Å². The summed E-state index contributed by atoms with van der Waals surface area (Å²) in [6.45, 7) is 9.06. The van der Waals surface area contributed by atoms with Crippen molar-refractivity contribution >= 4 is 5.82 Å². The van der Waals surface area contributed by atoms with Crippen LogP contribution in [-0.4, -0.2) is 41.2 Å². The monoisotopic (exact) mass is 353 g/mol. The molecule has 1 aromatic heterocycles. The number of anilines is 1. The maximum atomic E-state index is 5.40. The fraction of sp³-hybridized carbons (Fsp3) is 0.524. The predicted molar refractivity (Wildman–Crippen MR) is 106 cm³/mol. The van der Waals surface area contributed by atoms with Gasteiger partial charge in [0.05, 0.1) is 25.2 Å². The molecule has 26 heavy (non-hydrogen) atoms. The van der Waals surface area contributed by atoms with Gasteiger partial charge >= 0.3 is 0 Å². The maximum Gasteiger partial charge on any atom is 0.147 e. The zero-order chi connectivity index (χ0) is 18.9. The minimum atomic E-state index is 0.0992. The van der Waals surface area contributed by atoms with E-state index in [-0.39, 0.29) is 11.1 Å². The molecule has 5 nitrogen and oxygen atoms in total. The van der Waals surface area contributed by atoms with E-state index in [9.17, 15) is 0 Å². The summed E-state index contributed by atoms with van der Waals surface area (Å²) < 4.78 is 5.40. The van der Waals surface area contributed by atoms with Gasteiger partial charge in [-0.3, -0.25) is 4.98 Å². The lowest BCUT2D eigenvalue weighted by Crippen LogP contribution is -2.62. The summed E-state index contributed by atoms with van der Waals surface area (Å²) in [7, 11) is 3.77. The minimum Gasteiger partial charge on any atom is -0.496 e. The van der Waals surface area contributed by atoms with Crippen molar-refractivity contribution in [2.24, 2.45) is 0 Å². The van der Waals surface area contributed by atoms with E-state index in [0.29, 0.717) is 6.04 Å². The number of benzene rings is 1. The number of nitrogens with one attached hydrogen (secondary N) is 1. The Kier molecular flexibility index (Phi) is 4.93. The van der Waals surface area contributed by atoms with Crippen LogP contribution in [0.4, 0.5) is 5.82 Å². The van der Waals surface area contributed by atoms with E-state index in [1.165, 1.54) is 0 Å². The van der Waals surface area contributed by atoms with Gasteiger partial charge in [0.25, 0.3) is 0 Å². The summed E-state index contributed by atoms with van der Waals surface area (Å²) >= 11 is 0. The first kappa shape index (κ1) is 18.6. The van der Waals surface area contributed by atoms with Crippen LogP contribution in [0.15, 0.2) is 30.6 Å². The first-order valence-electron chi connectivity index (χ1n) is 9.09. The van der Waals surface area contributed by atoms with Gasteiger partial charge in [-0.2, -0.15) is 0 Å². The van der Waals surface area contributed by atoms with Gasteiger partial charge < -0.3 is 15.0 Å². The standard InChI is InChI=1S/C21H29N4O/c1-20(2)11-15(12-21(3,4)24-20)25(5)19-14-22-17(13-23-19)16-9-7-8-10-18(16)26-6/h7,9-10,13-15,24H,11-12H2,1-6H3. The number of rotatable bonds is 4. The molecular weight excluding hydrogens is 324 g/mol. The molecule has 0 spiro atoms. The molecule has 2 heterocycles. The SMILES string of the molecule is COc1c[c]ccc1-c1cnc(N(C)C2CC(C)(C)NC(C)(C)C2)cn1. The molecule has 2 aromatic rings. The Morgan fingerprint density at radius 2 is 1.85 bits per heavy atom. The normalized spacial score (nSPS) is 19.2.